The van der Waals surface area contributed by atoms with Gasteiger partial charge in [0.15, 0.2) is 0 Å². The number of carbonyl (C=O) groups excluding carboxylic acids is 1. The summed E-state index contributed by atoms with van der Waals surface area (Å²) in [4.78, 5) is 14.5. The minimum absolute atomic E-state index is 0.0230. The van der Waals surface area contributed by atoms with Crippen LogP contribution in [0.3, 0.4) is 0 Å². The number of benzene rings is 2. The molecule has 2 aliphatic heterocycles. The minimum Gasteiger partial charge on any atom is -0.497 e. The van der Waals surface area contributed by atoms with Crippen LogP contribution in [0.25, 0.3) is 0 Å². The molecule has 1 atom stereocenters. The number of rotatable bonds is 3. The Morgan fingerprint density at radius 1 is 1.19 bits per heavy atom. The van der Waals surface area contributed by atoms with E-state index >= 15 is 0 Å². The number of anilines is 1. The Morgan fingerprint density at radius 3 is 2.67 bits per heavy atom. The molecule has 4 rings (SSSR count). The van der Waals surface area contributed by atoms with Gasteiger partial charge >= 0.3 is 0 Å². The normalized spacial score (nSPS) is 22.5. The number of ether oxygens (including phenoxy) is 1. The largest absolute Gasteiger partial charge is 0.497 e. The number of carbonyl (C=O) groups is 1. The van der Waals surface area contributed by atoms with Crippen LogP contribution in [-0.4, -0.2) is 45.9 Å². The number of methoxy groups -OCH3 is 1. The quantitative estimate of drug-likeness (QED) is 0.805. The van der Waals surface area contributed by atoms with Gasteiger partial charge in [0.2, 0.25) is 15.9 Å². The van der Waals surface area contributed by atoms with Crippen LogP contribution < -0.4 is 9.64 Å². The lowest BCUT2D eigenvalue weighted by atomic mass is 9.81. The van der Waals surface area contributed by atoms with Gasteiger partial charge in [-0.3, -0.25) is 4.79 Å². The molecule has 1 spiro atoms. The van der Waals surface area contributed by atoms with Crippen LogP contribution in [0.4, 0.5) is 10.1 Å². The molecule has 8 heteroatoms. The standard InChI is InChI=1S/C19H19FN2O4S/c1-21-17-7-6-14(26-2)11-16(17)19(18(21)23)8-9-22(12-19)27(24,25)15-5-3-4-13(20)10-15/h3-7,10-11H,8-9,12H2,1-2H3/t19-/m1/s1. The zero-order chi connectivity index (χ0) is 19.4. The van der Waals surface area contributed by atoms with Gasteiger partial charge in [-0.15, -0.1) is 0 Å². The maximum absolute atomic E-state index is 13.5. The van der Waals surface area contributed by atoms with Crippen molar-refractivity contribution in [1.82, 2.24) is 4.31 Å². The molecule has 2 aliphatic rings. The Labute approximate surface area is 157 Å². The van der Waals surface area contributed by atoms with Gasteiger partial charge in [0.25, 0.3) is 0 Å². The van der Waals surface area contributed by atoms with Gasteiger partial charge in [0.05, 0.1) is 17.4 Å². The van der Waals surface area contributed by atoms with Crippen LogP contribution >= 0.6 is 0 Å². The van der Waals surface area contributed by atoms with E-state index < -0.39 is 21.3 Å². The summed E-state index contributed by atoms with van der Waals surface area (Å²) >= 11 is 0. The molecule has 1 saturated heterocycles. The molecular formula is C19H19FN2O4S. The van der Waals surface area contributed by atoms with E-state index in [1.807, 2.05) is 6.07 Å². The number of nitrogens with zero attached hydrogens (tertiary/aromatic N) is 2. The second-order valence-electron chi connectivity index (χ2n) is 6.88. The van der Waals surface area contributed by atoms with Gasteiger partial charge in [-0.2, -0.15) is 4.31 Å². The highest BCUT2D eigenvalue weighted by atomic mass is 32.2. The zero-order valence-electron chi connectivity index (χ0n) is 15.0. The molecule has 0 unspecified atom stereocenters. The molecule has 2 aromatic rings. The highest BCUT2D eigenvalue weighted by Crippen LogP contribution is 2.48. The first kappa shape index (κ1) is 17.9. The number of sulfonamides is 1. The highest BCUT2D eigenvalue weighted by molar-refractivity contribution is 7.89. The van der Waals surface area contributed by atoms with Gasteiger partial charge in [0, 0.05) is 25.8 Å². The minimum atomic E-state index is -3.89. The van der Waals surface area contributed by atoms with Crippen molar-refractivity contribution < 1.29 is 22.3 Å². The van der Waals surface area contributed by atoms with E-state index in [1.165, 1.54) is 22.5 Å². The van der Waals surface area contributed by atoms with Crippen LogP contribution in [0.5, 0.6) is 5.75 Å². The van der Waals surface area contributed by atoms with Gasteiger partial charge in [0.1, 0.15) is 11.6 Å². The third-order valence-electron chi connectivity index (χ3n) is 5.46. The first-order valence-electron chi connectivity index (χ1n) is 8.52. The fourth-order valence-corrected chi connectivity index (χ4v) is 5.55. The lowest BCUT2D eigenvalue weighted by molar-refractivity contribution is -0.122. The number of hydrogen-bond acceptors (Lipinski definition) is 4. The molecule has 2 aromatic carbocycles. The highest BCUT2D eigenvalue weighted by Gasteiger charge is 2.55. The van der Waals surface area contributed by atoms with Crippen LogP contribution in [0, 0.1) is 5.82 Å². The van der Waals surface area contributed by atoms with Gasteiger partial charge in [-0.25, -0.2) is 12.8 Å². The number of halogens is 1. The summed E-state index contributed by atoms with van der Waals surface area (Å²) in [6.45, 7) is 0.213. The molecule has 27 heavy (non-hydrogen) atoms. The van der Waals surface area contributed by atoms with E-state index in [0.717, 1.165) is 17.3 Å². The van der Waals surface area contributed by atoms with Gasteiger partial charge in [-0.05, 0) is 48.4 Å². The van der Waals surface area contributed by atoms with Crippen molar-refractivity contribution in [3.63, 3.8) is 0 Å². The molecular weight excluding hydrogens is 371 g/mol. The summed E-state index contributed by atoms with van der Waals surface area (Å²) in [5.41, 5.74) is 0.580. The Bertz CT molecular complexity index is 1040. The second kappa shape index (κ2) is 6.03. The third kappa shape index (κ3) is 2.55. The number of likely N-dealkylation sites (N-methyl/N-ethyl adjacent to an activating group) is 1. The molecule has 6 nitrogen and oxygen atoms in total. The van der Waals surface area contributed by atoms with E-state index in [9.17, 15) is 17.6 Å². The van der Waals surface area contributed by atoms with E-state index in [0.29, 0.717) is 12.2 Å². The molecule has 0 saturated carbocycles. The number of fused-ring (bicyclic) bond motifs is 2. The van der Waals surface area contributed by atoms with Crippen molar-refractivity contribution in [2.45, 2.75) is 16.7 Å². The predicted molar refractivity (Wildman–Crippen MR) is 97.9 cm³/mol. The Kier molecular flexibility index (Phi) is 4.01. The van der Waals surface area contributed by atoms with Crippen molar-refractivity contribution >= 4 is 21.6 Å². The molecule has 0 N–H and O–H groups in total. The zero-order valence-corrected chi connectivity index (χ0v) is 15.8. The van der Waals surface area contributed by atoms with Crippen molar-refractivity contribution in [3.8, 4) is 5.75 Å². The SMILES string of the molecule is COc1ccc2c(c1)[C@]1(CCN(S(=O)(=O)c3cccc(F)c3)C1)C(=O)N2C. The fourth-order valence-electron chi connectivity index (χ4n) is 4.01. The first-order valence-corrected chi connectivity index (χ1v) is 9.96. The molecule has 0 bridgehead atoms. The summed E-state index contributed by atoms with van der Waals surface area (Å²) in [5.74, 6) is -0.137. The van der Waals surface area contributed by atoms with Crippen LogP contribution in [-0.2, 0) is 20.2 Å². The summed E-state index contributed by atoms with van der Waals surface area (Å²) in [7, 11) is -0.660. The predicted octanol–water partition coefficient (Wildman–Crippen LogP) is 2.14. The van der Waals surface area contributed by atoms with Crippen LogP contribution in [0.15, 0.2) is 47.4 Å². The number of amides is 1. The third-order valence-corrected chi connectivity index (χ3v) is 7.30. The first-order chi connectivity index (χ1) is 12.8. The summed E-state index contributed by atoms with van der Waals surface area (Å²) in [6.07, 6.45) is 0.366. The lowest BCUT2D eigenvalue weighted by Crippen LogP contribution is -2.42. The van der Waals surface area contributed by atoms with Gasteiger partial charge < -0.3 is 9.64 Å². The summed E-state index contributed by atoms with van der Waals surface area (Å²) in [5, 5.41) is 0. The van der Waals surface area contributed by atoms with E-state index in [4.69, 9.17) is 4.74 Å². The number of hydrogen-bond donors (Lipinski definition) is 0. The Morgan fingerprint density at radius 2 is 1.96 bits per heavy atom. The average molecular weight is 390 g/mol. The van der Waals surface area contributed by atoms with Crippen LogP contribution in [0.2, 0.25) is 0 Å². The lowest BCUT2D eigenvalue weighted by Gasteiger charge is -2.23. The van der Waals surface area contributed by atoms with Crippen molar-refractivity contribution in [2.24, 2.45) is 0 Å². The molecule has 1 amide bonds. The summed E-state index contributed by atoms with van der Waals surface area (Å²) in [6, 6.07) is 10.3. The molecule has 142 valence electrons. The monoisotopic (exact) mass is 390 g/mol. The molecule has 0 aromatic heterocycles. The Hall–Kier alpha value is -2.45. The second-order valence-corrected chi connectivity index (χ2v) is 8.81. The smallest absolute Gasteiger partial charge is 0.243 e. The van der Waals surface area contributed by atoms with Crippen molar-refractivity contribution in [2.75, 3.05) is 32.1 Å². The van der Waals surface area contributed by atoms with Crippen molar-refractivity contribution in [3.05, 3.63) is 53.8 Å². The summed E-state index contributed by atoms with van der Waals surface area (Å²) < 4.78 is 46.0. The topological polar surface area (TPSA) is 66.9 Å². The molecule has 0 aliphatic carbocycles. The molecule has 0 radical (unpaired) electrons. The fraction of sp³-hybridized carbons (Fsp3) is 0.316. The molecule has 1 fully saturated rings. The van der Waals surface area contributed by atoms with Gasteiger partial charge in [-0.1, -0.05) is 6.07 Å². The van der Waals surface area contributed by atoms with Crippen molar-refractivity contribution in [1.29, 1.82) is 0 Å². The van der Waals surface area contributed by atoms with Crippen LogP contribution in [0.1, 0.15) is 12.0 Å². The van der Waals surface area contributed by atoms with E-state index in [-0.39, 0.29) is 23.9 Å². The average Bonchev–Trinajstić information content (AvgIpc) is 3.20. The maximum Gasteiger partial charge on any atom is 0.243 e. The Balaban J connectivity index is 1.75. The molecule has 2 heterocycles. The van der Waals surface area contributed by atoms with E-state index in [2.05, 4.69) is 0 Å². The van der Waals surface area contributed by atoms with E-state index in [1.54, 1.807) is 31.2 Å². The maximum atomic E-state index is 13.5.